The van der Waals surface area contributed by atoms with E-state index in [0.717, 1.165) is 5.56 Å². The zero-order chi connectivity index (χ0) is 23.3. The summed E-state index contributed by atoms with van der Waals surface area (Å²) in [5.74, 6) is -0.756. The molecule has 1 fully saturated rings. The van der Waals surface area contributed by atoms with Crippen LogP contribution in [0, 0.1) is 0 Å². The molecule has 32 heavy (non-hydrogen) atoms. The number of ether oxygens (including phenoxy) is 1. The second kappa shape index (κ2) is 10.6. The summed E-state index contributed by atoms with van der Waals surface area (Å²) in [6.07, 6.45) is 0.0233. The van der Waals surface area contributed by atoms with Gasteiger partial charge in [-0.15, -0.1) is 0 Å². The maximum atomic E-state index is 12.8. The van der Waals surface area contributed by atoms with Crippen LogP contribution in [0.3, 0.4) is 0 Å². The van der Waals surface area contributed by atoms with Crippen molar-refractivity contribution in [2.45, 2.75) is 45.6 Å². The molecule has 2 aromatic carbocycles. The van der Waals surface area contributed by atoms with Crippen LogP contribution in [-0.2, 0) is 16.1 Å². The van der Waals surface area contributed by atoms with Crippen molar-refractivity contribution in [1.82, 2.24) is 15.5 Å². The van der Waals surface area contributed by atoms with E-state index in [2.05, 4.69) is 10.6 Å². The number of amides is 3. The molecular weight excluding hydrogens is 430 g/mol. The molecule has 2 N–H and O–H groups in total. The minimum atomic E-state index is -0.732. The highest BCUT2D eigenvalue weighted by molar-refractivity contribution is 6.33. The highest BCUT2D eigenvalue weighted by atomic mass is 35.5. The monoisotopic (exact) mass is 457 g/mol. The van der Waals surface area contributed by atoms with Crippen molar-refractivity contribution >= 4 is 29.3 Å². The van der Waals surface area contributed by atoms with Crippen LogP contribution < -0.4 is 10.6 Å². The summed E-state index contributed by atoms with van der Waals surface area (Å²) in [6, 6.07) is 13.1. The fourth-order valence-corrected chi connectivity index (χ4v) is 3.84. The molecule has 3 atom stereocenters. The summed E-state index contributed by atoms with van der Waals surface area (Å²) >= 11 is 6.03. The average molecular weight is 458 g/mol. The number of carbonyl (C=O) groups excluding carboxylic acids is 3. The summed E-state index contributed by atoms with van der Waals surface area (Å²) in [7, 11) is 0. The van der Waals surface area contributed by atoms with Crippen molar-refractivity contribution in [3.8, 4) is 0 Å². The van der Waals surface area contributed by atoms with Gasteiger partial charge in [-0.2, -0.15) is 0 Å². The number of carbonyl (C=O) groups is 3. The van der Waals surface area contributed by atoms with E-state index in [1.807, 2.05) is 26.0 Å². The Morgan fingerprint density at radius 3 is 2.31 bits per heavy atom. The van der Waals surface area contributed by atoms with Crippen LogP contribution in [0.15, 0.2) is 48.5 Å². The maximum absolute atomic E-state index is 12.8. The van der Waals surface area contributed by atoms with E-state index in [-0.39, 0.29) is 30.6 Å². The predicted octanol–water partition coefficient (Wildman–Crippen LogP) is 3.02. The van der Waals surface area contributed by atoms with Crippen LogP contribution in [0.25, 0.3) is 0 Å². The van der Waals surface area contributed by atoms with Crippen molar-refractivity contribution in [3.05, 3.63) is 70.2 Å². The van der Waals surface area contributed by atoms with Gasteiger partial charge in [0.1, 0.15) is 6.04 Å². The van der Waals surface area contributed by atoms with E-state index in [1.54, 1.807) is 48.2 Å². The molecule has 0 saturated carbocycles. The van der Waals surface area contributed by atoms with Gasteiger partial charge in [0, 0.05) is 25.2 Å². The number of rotatable bonds is 6. The first-order chi connectivity index (χ1) is 15.2. The van der Waals surface area contributed by atoms with Crippen LogP contribution in [0.4, 0.5) is 0 Å². The number of nitrogens with zero attached hydrogens (tertiary/aromatic N) is 1. The molecule has 1 aliphatic rings. The van der Waals surface area contributed by atoms with Gasteiger partial charge in [-0.3, -0.25) is 14.4 Å². The van der Waals surface area contributed by atoms with E-state index in [0.29, 0.717) is 29.2 Å². The van der Waals surface area contributed by atoms with Crippen molar-refractivity contribution in [2.24, 2.45) is 0 Å². The highest BCUT2D eigenvalue weighted by Gasteiger charge is 2.26. The van der Waals surface area contributed by atoms with Crippen LogP contribution in [0.5, 0.6) is 0 Å². The van der Waals surface area contributed by atoms with Crippen LogP contribution in [0.2, 0.25) is 5.02 Å². The first-order valence-electron chi connectivity index (χ1n) is 10.6. The summed E-state index contributed by atoms with van der Waals surface area (Å²) < 4.78 is 5.68. The molecule has 1 saturated heterocycles. The molecule has 3 rings (SSSR count). The van der Waals surface area contributed by atoms with E-state index in [9.17, 15) is 14.4 Å². The molecule has 8 heteroatoms. The molecule has 0 aliphatic carbocycles. The van der Waals surface area contributed by atoms with E-state index in [1.165, 1.54) is 0 Å². The van der Waals surface area contributed by atoms with Gasteiger partial charge in [-0.1, -0.05) is 35.9 Å². The zero-order valence-corrected chi connectivity index (χ0v) is 19.2. The topological polar surface area (TPSA) is 87.7 Å². The van der Waals surface area contributed by atoms with Gasteiger partial charge in [-0.05, 0) is 50.6 Å². The largest absolute Gasteiger partial charge is 0.372 e. The molecule has 170 valence electrons. The lowest BCUT2D eigenvalue weighted by Crippen LogP contribution is -2.48. The number of halogens is 1. The standard InChI is InChI=1S/C24H28ClN3O4/c1-15-13-28(14-16(2)32-15)24(31)19-10-8-18(9-11-19)12-26-22(29)17(3)27-23(30)20-6-4-5-7-21(20)25/h4-11,15-17H,12-14H2,1-3H3,(H,26,29)(H,27,30). The summed E-state index contributed by atoms with van der Waals surface area (Å²) in [4.78, 5) is 39.2. The molecule has 0 aromatic heterocycles. The zero-order valence-electron chi connectivity index (χ0n) is 18.4. The first-order valence-corrected chi connectivity index (χ1v) is 11.0. The molecule has 3 amide bonds. The SMILES string of the molecule is CC1CN(C(=O)c2ccc(CNC(=O)C(C)NC(=O)c3ccccc3Cl)cc2)CC(C)O1. The summed E-state index contributed by atoms with van der Waals surface area (Å²) in [6.45, 7) is 6.94. The van der Waals surface area contributed by atoms with E-state index < -0.39 is 11.9 Å². The second-order valence-electron chi connectivity index (χ2n) is 8.06. The molecular formula is C24H28ClN3O4. The van der Waals surface area contributed by atoms with Crippen LogP contribution >= 0.6 is 11.6 Å². The number of hydrogen-bond donors (Lipinski definition) is 2. The van der Waals surface area contributed by atoms with Crippen molar-refractivity contribution in [2.75, 3.05) is 13.1 Å². The van der Waals surface area contributed by atoms with Gasteiger partial charge < -0.3 is 20.3 Å². The minimum absolute atomic E-state index is 0.0117. The Balaban J connectivity index is 1.51. The Kier molecular flexibility index (Phi) is 7.88. The van der Waals surface area contributed by atoms with E-state index in [4.69, 9.17) is 16.3 Å². The Morgan fingerprint density at radius 1 is 1.06 bits per heavy atom. The van der Waals surface area contributed by atoms with Crippen molar-refractivity contribution < 1.29 is 19.1 Å². The molecule has 0 bridgehead atoms. The Bertz CT molecular complexity index is 969. The van der Waals surface area contributed by atoms with Gasteiger partial charge in [0.15, 0.2) is 0 Å². The lowest BCUT2D eigenvalue weighted by atomic mass is 10.1. The van der Waals surface area contributed by atoms with Crippen molar-refractivity contribution in [3.63, 3.8) is 0 Å². The molecule has 1 heterocycles. The Morgan fingerprint density at radius 2 is 1.69 bits per heavy atom. The quantitative estimate of drug-likeness (QED) is 0.698. The van der Waals surface area contributed by atoms with Gasteiger partial charge in [0.2, 0.25) is 5.91 Å². The maximum Gasteiger partial charge on any atom is 0.254 e. The van der Waals surface area contributed by atoms with E-state index >= 15 is 0 Å². The van der Waals surface area contributed by atoms with Gasteiger partial charge in [0.25, 0.3) is 11.8 Å². The fourth-order valence-electron chi connectivity index (χ4n) is 3.62. The smallest absolute Gasteiger partial charge is 0.254 e. The summed E-state index contributed by atoms with van der Waals surface area (Å²) in [5.41, 5.74) is 1.77. The van der Waals surface area contributed by atoms with Crippen LogP contribution in [0.1, 0.15) is 47.1 Å². The van der Waals surface area contributed by atoms with Gasteiger partial charge in [-0.25, -0.2) is 0 Å². The average Bonchev–Trinajstić information content (AvgIpc) is 2.76. The second-order valence-corrected chi connectivity index (χ2v) is 8.46. The summed E-state index contributed by atoms with van der Waals surface area (Å²) in [5, 5.41) is 5.77. The third kappa shape index (κ3) is 6.08. The fraction of sp³-hybridized carbons (Fsp3) is 0.375. The minimum Gasteiger partial charge on any atom is -0.372 e. The number of hydrogen-bond acceptors (Lipinski definition) is 4. The van der Waals surface area contributed by atoms with Crippen molar-refractivity contribution in [1.29, 1.82) is 0 Å². The molecule has 7 nitrogen and oxygen atoms in total. The first kappa shape index (κ1) is 23.8. The molecule has 0 spiro atoms. The van der Waals surface area contributed by atoms with Crippen LogP contribution in [-0.4, -0.2) is 54.0 Å². The van der Waals surface area contributed by atoms with Gasteiger partial charge in [0.05, 0.1) is 22.8 Å². The lowest BCUT2D eigenvalue weighted by molar-refractivity contribution is -0.122. The molecule has 1 aliphatic heterocycles. The third-order valence-electron chi connectivity index (χ3n) is 5.23. The number of benzene rings is 2. The molecule has 3 unspecified atom stereocenters. The van der Waals surface area contributed by atoms with Gasteiger partial charge >= 0.3 is 0 Å². The number of nitrogens with one attached hydrogen (secondary N) is 2. The highest BCUT2D eigenvalue weighted by Crippen LogP contribution is 2.16. The third-order valence-corrected chi connectivity index (χ3v) is 5.56. The lowest BCUT2D eigenvalue weighted by Gasteiger charge is -2.35. The number of morpholine rings is 1. The Hall–Kier alpha value is -2.90. The predicted molar refractivity (Wildman–Crippen MR) is 123 cm³/mol. The molecule has 0 radical (unpaired) electrons. The normalized spacial score (nSPS) is 19.2. The molecule has 2 aromatic rings. The Labute approximate surface area is 193 Å².